The van der Waals surface area contributed by atoms with E-state index in [4.69, 9.17) is 22.5 Å². The van der Waals surface area contributed by atoms with E-state index in [0.29, 0.717) is 19.5 Å². The van der Waals surface area contributed by atoms with Crippen LogP contribution >= 0.6 is 32.2 Å². The van der Waals surface area contributed by atoms with Gasteiger partial charge in [0.2, 0.25) is 6.33 Å². The van der Waals surface area contributed by atoms with E-state index in [-0.39, 0.29) is 54.9 Å². The van der Waals surface area contributed by atoms with E-state index in [2.05, 4.69) is 25.3 Å². The molecule has 296 valence electrons. The van der Waals surface area contributed by atoms with Gasteiger partial charge in [-0.25, -0.2) is 9.13 Å². The fraction of sp³-hybridized carbons (Fsp3) is 0.750. The molecule has 0 unspecified atom stereocenters. The molecule has 0 aliphatic rings. The van der Waals surface area contributed by atoms with Crippen LogP contribution in [0.15, 0.2) is 43.0 Å². The van der Waals surface area contributed by atoms with Gasteiger partial charge in [-0.05, 0) is 73.1 Å². The molecule has 2 aromatic rings. The van der Waals surface area contributed by atoms with Crippen LogP contribution in [-0.2, 0) is 44.7 Å². The molecule has 0 bridgehead atoms. The van der Waals surface area contributed by atoms with Gasteiger partial charge < -0.3 is 26.6 Å². The molecule has 51 heavy (non-hydrogen) atoms. The quantitative estimate of drug-likeness (QED) is 0.0601. The first-order valence-corrected chi connectivity index (χ1v) is 26.0. The van der Waals surface area contributed by atoms with Crippen molar-refractivity contribution in [2.75, 3.05) is 26.4 Å². The van der Waals surface area contributed by atoms with Crippen LogP contribution in [-0.4, -0.2) is 52.8 Å². The molecule has 15 heteroatoms. The third-order valence-electron chi connectivity index (χ3n) is 9.73. The molecule has 1 aromatic carbocycles. The molecule has 0 aliphatic heterocycles. The molecule has 0 spiro atoms. The number of halogens is 2. The van der Waals surface area contributed by atoms with Crippen molar-refractivity contribution in [1.82, 2.24) is 4.57 Å². The number of imidazole rings is 1. The highest BCUT2D eigenvalue weighted by atomic mass is 79.9. The number of rotatable bonds is 19. The van der Waals surface area contributed by atoms with Crippen LogP contribution in [0.25, 0.3) is 0 Å². The van der Waals surface area contributed by atoms with Gasteiger partial charge in [0.1, 0.15) is 18.9 Å². The molecule has 0 N–H and O–H groups in total. The average Bonchev–Trinajstić information content (AvgIpc) is 3.42. The van der Waals surface area contributed by atoms with Gasteiger partial charge in [-0.3, -0.25) is 9.13 Å². The Morgan fingerprint density at radius 3 is 1.55 bits per heavy atom. The fourth-order valence-electron chi connectivity index (χ4n) is 6.50. The van der Waals surface area contributed by atoms with Crippen molar-refractivity contribution in [3.8, 4) is 0 Å². The summed E-state index contributed by atoms with van der Waals surface area (Å²) in [6, 6.07) is 8.01. The molecule has 1 heterocycles. The van der Waals surface area contributed by atoms with Gasteiger partial charge in [0, 0.05) is 6.42 Å². The van der Waals surface area contributed by atoms with Crippen LogP contribution < -0.4 is 9.75 Å². The number of hydrogen-bond donors (Lipinski definition) is 0. The molecule has 0 radical (unpaired) electrons. The topological polar surface area (TPSA) is 89.1 Å². The minimum absolute atomic E-state index is 0. The van der Waals surface area contributed by atoms with Crippen molar-refractivity contribution in [2.24, 2.45) is 0 Å². The fourth-order valence-corrected chi connectivity index (χ4v) is 19.7. The predicted octanol–water partition coefficient (Wildman–Crippen LogP) is 11.1. The Labute approximate surface area is 321 Å². The van der Waals surface area contributed by atoms with Crippen molar-refractivity contribution in [1.29, 1.82) is 0 Å². The van der Waals surface area contributed by atoms with Gasteiger partial charge in [0.25, 0.3) is 13.5 Å². The Kier molecular flexibility index (Phi) is 17.6. The van der Waals surface area contributed by atoms with Gasteiger partial charge in [0.15, 0.2) is 8.32 Å². The molecule has 0 atom stereocenters. The molecule has 0 saturated heterocycles. The summed E-state index contributed by atoms with van der Waals surface area (Å²) in [4.78, 5) is 0. The maximum Gasteiger partial charge on any atom is 0.373 e. The van der Waals surface area contributed by atoms with Crippen molar-refractivity contribution in [3.63, 3.8) is 0 Å². The molecule has 0 fully saturated rings. The maximum absolute atomic E-state index is 16.8. The Bertz CT molecular complexity index is 1410. The number of hydrogen-bond acceptors (Lipinski definition) is 7. The monoisotopic (exact) mass is 857 g/mol. The van der Waals surface area contributed by atoms with E-state index in [1.165, 1.54) is 0 Å². The number of benzene rings is 1. The summed E-state index contributed by atoms with van der Waals surface area (Å²) in [6.07, 6.45) is 6.44. The van der Waals surface area contributed by atoms with E-state index in [1.807, 2.05) is 102 Å². The first-order chi connectivity index (χ1) is 22.8. The Morgan fingerprint density at radius 1 is 0.745 bits per heavy atom. The van der Waals surface area contributed by atoms with Crippen molar-refractivity contribution >= 4 is 54.1 Å². The lowest BCUT2D eigenvalue weighted by molar-refractivity contribution is -0.687. The second kappa shape index (κ2) is 18.4. The maximum atomic E-state index is 16.8. The number of aromatic nitrogens is 2. The van der Waals surface area contributed by atoms with Crippen LogP contribution in [0.1, 0.15) is 108 Å². The van der Waals surface area contributed by atoms with Crippen molar-refractivity contribution in [3.05, 3.63) is 48.5 Å². The van der Waals surface area contributed by atoms with E-state index in [0.717, 1.165) is 10.8 Å². The first kappa shape index (κ1) is 48.6. The Hall–Kier alpha value is -0.466. The highest BCUT2D eigenvalue weighted by Gasteiger charge is 2.68. The molecular weight excluding hydrogens is 789 g/mol. The Morgan fingerprint density at radius 2 is 1.18 bits per heavy atom. The van der Waals surface area contributed by atoms with Gasteiger partial charge >= 0.3 is 15.2 Å². The van der Waals surface area contributed by atoms with E-state index >= 15 is 4.11 Å². The molecule has 0 saturated carbocycles. The zero-order valence-electron chi connectivity index (χ0n) is 34.1. The van der Waals surface area contributed by atoms with Crippen molar-refractivity contribution < 1.29 is 40.3 Å². The summed E-state index contributed by atoms with van der Waals surface area (Å²) in [5.74, 6) is 0. The third kappa shape index (κ3) is 10.6. The van der Waals surface area contributed by atoms with Crippen molar-refractivity contribution in [2.45, 2.75) is 149 Å². The summed E-state index contributed by atoms with van der Waals surface area (Å²) in [5, 5.41) is -2.35. The van der Waals surface area contributed by atoms with Crippen LogP contribution in [0.5, 0.6) is 0 Å². The van der Waals surface area contributed by atoms with Gasteiger partial charge in [-0.1, -0.05) is 86.6 Å². The van der Waals surface area contributed by atoms with Gasteiger partial charge in [-0.15, -0.1) is 17.0 Å². The zero-order valence-corrected chi connectivity index (χ0v) is 39.6. The second-order valence-corrected chi connectivity index (χ2v) is 31.0. The average molecular weight is 859 g/mol. The lowest BCUT2D eigenvalue weighted by atomic mass is 10.2. The summed E-state index contributed by atoms with van der Waals surface area (Å²) >= 11 is 0. The van der Waals surface area contributed by atoms with Gasteiger partial charge in [-0.2, -0.15) is 0 Å². The second-order valence-electron chi connectivity index (χ2n) is 16.6. The van der Waals surface area contributed by atoms with Gasteiger partial charge in [0.05, 0.1) is 33.0 Å². The third-order valence-corrected chi connectivity index (χ3v) is 26.0. The van der Waals surface area contributed by atoms with Crippen LogP contribution in [0.4, 0.5) is 4.11 Å². The molecular formula is C36H69BrFN2O7P2Si2+. The first-order valence-electron chi connectivity index (χ1n) is 18.2. The largest absolute Gasteiger partial charge is 0.392 e. The van der Waals surface area contributed by atoms with Crippen LogP contribution in [0.3, 0.4) is 0 Å². The number of aryl methyl sites for hydroxylation is 1. The summed E-state index contributed by atoms with van der Waals surface area (Å²) in [6.45, 7) is 30.6. The lowest BCUT2D eigenvalue weighted by Gasteiger charge is -2.48. The summed E-state index contributed by atoms with van der Waals surface area (Å²) in [5.41, 5.74) is 1.07. The number of nitrogens with zero attached hydrogens (tertiary/aromatic N) is 2. The Balaban J connectivity index is 0.0000130. The van der Waals surface area contributed by atoms with E-state index in [9.17, 15) is 9.13 Å². The predicted molar refractivity (Wildman–Crippen MR) is 218 cm³/mol. The molecule has 1 aromatic heterocycles. The highest BCUT2D eigenvalue weighted by molar-refractivity contribution is 8.93. The molecule has 0 aliphatic carbocycles. The lowest BCUT2D eigenvalue weighted by Crippen LogP contribution is -2.57. The summed E-state index contributed by atoms with van der Waals surface area (Å²) in [7, 11) is -14.6. The smallest absolute Gasteiger partial charge is 0.373 e. The normalized spacial score (nSPS) is 14.1. The standard InChI is InChI=1S/C36H68FN2O7P2Si2.BrH/c1-16-42-47(40,43-17-2)36(46-49(14,15)33(5,6)7,48(41,44-18-3)45-19-4)25-20-26-38-27-28-39(30-38)29-31-21-23-32(24-22-31)50(37,34(8,9)10)35(11,12)13;/h21-24,27-28,30H,16-20,25-26,29H2,1-15H3;1H/q+1;. The van der Waals surface area contributed by atoms with E-state index < -0.39 is 47.1 Å². The molecule has 2 rings (SSSR count). The van der Waals surface area contributed by atoms with Crippen LogP contribution in [0.2, 0.25) is 28.2 Å². The SMILES string of the molecule is Br.CCOP(=O)(OCC)C(CCCn1cc[n+](Cc2ccc([Si](F)(C(C)(C)C)C(C)(C)C)cc2)c1)(O[Si](C)(C)C(C)(C)C)P(=O)(OCC)OCC. The molecule has 0 amide bonds. The zero-order chi connectivity index (χ0) is 38.5. The minimum Gasteiger partial charge on any atom is -0.392 e. The highest BCUT2D eigenvalue weighted by Crippen LogP contribution is 2.80. The minimum atomic E-state index is -4.25. The molecule has 9 nitrogen and oxygen atoms in total. The van der Waals surface area contributed by atoms with Crippen LogP contribution in [0, 0.1) is 0 Å². The van der Waals surface area contributed by atoms with E-state index in [1.54, 1.807) is 27.7 Å². The summed E-state index contributed by atoms with van der Waals surface area (Å²) < 4.78 is 81.6.